The number of unbranched alkanes of at least 4 members (excludes halogenated alkanes) is 1. The summed E-state index contributed by atoms with van der Waals surface area (Å²) in [6.07, 6.45) is 6.07. The monoisotopic (exact) mass is 232 g/mol. The van der Waals surface area contributed by atoms with Gasteiger partial charge in [-0.3, -0.25) is 5.41 Å². The lowest BCUT2D eigenvalue weighted by Crippen LogP contribution is -2.15. The predicted molar refractivity (Wildman–Crippen MR) is 74.5 cm³/mol. The Kier molecular flexibility index (Phi) is 5.75. The van der Waals surface area contributed by atoms with Gasteiger partial charge in [-0.2, -0.15) is 0 Å². The van der Waals surface area contributed by atoms with E-state index < -0.39 is 0 Å². The zero-order chi connectivity index (χ0) is 12.7. The van der Waals surface area contributed by atoms with Crippen molar-refractivity contribution < 1.29 is 0 Å². The molecule has 1 rings (SSSR count). The molecule has 0 saturated heterocycles. The van der Waals surface area contributed by atoms with Crippen molar-refractivity contribution in [2.24, 2.45) is 11.7 Å². The van der Waals surface area contributed by atoms with Crippen LogP contribution in [0.3, 0.4) is 0 Å². The molecule has 1 aromatic carbocycles. The largest absolute Gasteiger partial charge is 0.384 e. The number of nitrogens with two attached hydrogens (primary N) is 1. The van der Waals surface area contributed by atoms with Crippen molar-refractivity contribution in [1.82, 2.24) is 0 Å². The molecule has 0 saturated carbocycles. The number of hydrogen-bond acceptors (Lipinski definition) is 1. The molecule has 0 aliphatic rings. The molecule has 17 heavy (non-hydrogen) atoms. The molecular weight excluding hydrogens is 208 g/mol. The summed E-state index contributed by atoms with van der Waals surface area (Å²) in [5.74, 6) is 0.904. The van der Waals surface area contributed by atoms with E-state index in [1.807, 2.05) is 18.2 Å². The molecule has 0 aliphatic heterocycles. The van der Waals surface area contributed by atoms with Crippen molar-refractivity contribution in [3.05, 3.63) is 35.4 Å². The first-order valence-electron chi connectivity index (χ1n) is 6.61. The Morgan fingerprint density at radius 1 is 1.29 bits per heavy atom. The molecule has 2 heteroatoms. The minimum Gasteiger partial charge on any atom is -0.384 e. The first-order valence-corrected chi connectivity index (χ1v) is 6.61. The van der Waals surface area contributed by atoms with Gasteiger partial charge in [0.2, 0.25) is 0 Å². The summed E-state index contributed by atoms with van der Waals surface area (Å²) in [6, 6.07) is 8.04. The van der Waals surface area contributed by atoms with Crippen molar-refractivity contribution in [3.8, 4) is 0 Å². The molecule has 0 fully saturated rings. The summed E-state index contributed by atoms with van der Waals surface area (Å²) in [5.41, 5.74) is 7.75. The molecule has 0 heterocycles. The topological polar surface area (TPSA) is 49.9 Å². The number of hydrogen-bond donors (Lipinski definition) is 2. The molecule has 0 spiro atoms. The van der Waals surface area contributed by atoms with Crippen LogP contribution >= 0.6 is 0 Å². The Labute approximate surface area is 105 Å². The highest BCUT2D eigenvalue weighted by Gasteiger charge is 2.11. The average molecular weight is 232 g/mol. The molecule has 0 radical (unpaired) electrons. The number of benzene rings is 1. The average Bonchev–Trinajstić information content (AvgIpc) is 2.34. The van der Waals surface area contributed by atoms with Crippen molar-refractivity contribution in [2.75, 3.05) is 0 Å². The molecule has 1 atom stereocenters. The highest BCUT2D eigenvalue weighted by atomic mass is 14.7. The molecule has 1 unspecified atom stereocenters. The van der Waals surface area contributed by atoms with E-state index in [4.69, 9.17) is 11.1 Å². The zero-order valence-corrected chi connectivity index (χ0v) is 11.0. The maximum absolute atomic E-state index is 7.59. The Balaban J connectivity index is 2.75. The Morgan fingerprint density at radius 2 is 2.00 bits per heavy atom. The van der Waals surface area contributed by atoms with E-state index in [1.54, 1.807) is 0 Å². The maximum Gasteiger partial charge on any atom is 0.123 e. The van der Waals surface area contributed by atoms with Gasteiger partial charge in [-0.1, -0.05) is 63.8 Å². The van der Waals surface area contributed by atoms with E-state index in [2.05, 4.69) is 19.9 Å². The Morgan fingerprint density at radius 3 is 2.59 bits per heavy atom. The number of amidine groups is 1. The van der Waals surface area contributed by atoms with E-state index in [9.17, 15) is 0 Å². The standard InChI is InChI=1S/C15H24N2/c1-3-5-8-12(4-2)11-13-9-6-7-10-14(13)15(16)17/h6-7,9-10,12H,3-5,8,11H2,1-2H3,(H3,16,17). The van der Waals surface area contributed by atoms with Gasteiger partial charge in [-0.25, -0.2) is 0 Å². The second kappa shape index (κ2) is 7.10. The van der Waals surface area contributed by atoms with E-state index in [1.165, 1.54) is 31.2 Å². The van der Waals surface area contributed by atoms with Gasteiger partial charge in [0.15, 0.2) is 0 Å². The van der Waals surface area contributed by atoms with Crippen LogP contribution in [0.2, 0.25) is 0 Å². The third-order valence-electron chi connectivity index (χ3n) is 3.36. The van der Waals surface area contributed by atoms with Crippen LogP contribution in [0.5, 0.6) is 0 Å². The van der Waals surface area contributed by atoms with Gasteiger partial charge < -0.3 is 5.73 Å². The molecule has 3 N–H and O–H groups in total. The van der Waals surface area contributed by atoms with E-state index >= 15 is 0 Å². The van der Waals surface area contributed by atoms with E-state index in [-0.39, 0.29) is 5.84 Å². The fourth-order valence-corrected chi connectivity index (χ4v) is 2.22. The minimum absolute atomic E-state index is 0.186. The van der Waals surface area contributed by atoms with Gasteiger partial charge in [0, 0.05) is 5.56 Å². The molecule has 0 amide bonds. The van der Waals surface area contributed by atoms with Crippen molar-refractivity contribution >= 4 is 5.84 Å². The second-order valence-corrected chi connectivity index (χ2v) is 4.69. The van der Waals surface area contributed by atoms with Crippen molar-refractivity contribution in [1.29, 1.82) is 5.41 Å². The highest BCUT2D eigenvalue weighted by molar-refractivity contribution is 5.96. The van der Waals surface area contributed by atoms with Crippen molar-refractivity contribution in [2.45, 2.75) is 46.0 Å². The lowest BCUT2D eigenvalue weighted by molar-refractivity contribution is 0.449. The summed E-state index contributed by atoms with van der Waals surface area (Å²) >= 11 is 0. The summed E-state index contributed by atoms with van der Waals surface area (Å²) in [4.78, 5) is 0. The van der Waals surface area contributed by atoms with Gasteiger partial charge in [0.1, 0.15) is 5.84 Å². The normalized spacial score (nSPS) is 12.4. The van der Waals surface area contributed by atoms with Crippen LogP contribution in [0.25, 0.3) is 0 Å². The summed E-state index contributed by atoms with van der Waals surface area (Å²) in [5, 5.41) is 7.59. The van der Waals surface area contributed by atoms with Crippen LogP contribution in [0, 0.1) is 11.3 Å². The molecular formula is C15H24N2. The molecule has 2 nitrogen and oxygen atoms in total. The first kappa shape index (κ1) is 13.8. The van der Waals surface area contributed by atoms with Crippen LogP contribution in [0.1, 0.15) is 50.7 Å². The Hall–Kier alpha value is -1.31. The Bertz CT molecular complexity index is 358. The third kappa shape index (κ3) is 4.22. The van der Waals surface area contributed by atoms with Crippen LogP contribution in [0.4, 0.5) is 0 Å². The van der Waals surface area contributed by atoms with Gasteiger partial charge in [0.25, 0.3) is 0 Å². The SMILES string of the molecule is CCCCC(CC)Cc1ccccc1C(=N)N. The molecule has 0 aromatic heterocycles. The summed E-state index contributed by atoms with van der Waals surface area (Å²) in [6.45, 7) is 4.48. The van der Waals surface area contributed by atoms with E-state index in [0.29, 0.717) is 0 Å². The van der Waals surface area contributed by atoms with Crippen molar-refractivity contribution in [3.63, 3.8) is 0 Å². The number of rotatable bonds is 7. The smallest absolute Gasteiger partial charge is 0.123 e. The van der Waals surface area contributed by atoms with Crippen LogP contribution in [-0.2, 0) is 6.42 Å². The molecule has 1 aromatic rings. The van der Waals surface area contributed by atoms with Crippen LogP contribution < -0.4 is 5.73 Å². The highest BCUT2D eigenvalue weighted by Crippen LogP contribution is 2.20. The fourth-order valence-electron chi connectivity index (χ4n) is 2.22. The van der Waals surface area contributed by atoms with Crippen LogP contribution in [0.15, 0.2) is 24.3 Å². The number of nitrogen functional groups attached to an aromatic ring is 1. The van der Waals surface area contributed by atoms with Gasteiger partial charge >= 0.3 is 0 Å². The minimum atomic E-state index is 0.186. The van der Waals surface area contributed by atoms with Gasteiger partial charge in [-0.15, -0.1) is 0 Å². The van der Waals surface area contributed by atoms with Gasteiger partial charge in [0.05, 0.1) is 0 Å². The summed E-state index contributed by atoms with van der Waals surface area (Å²) in [7, 11) is 0. The van der Waals surface area contributed by atoms with Crippen LogP contribution in [-0.4, -0.2) is 5.84 Å². The quantitative estimate of drug-likeness (QED) is 0.546. The first-order chi connectivity index (χ1) is 8.19. The molecule has 94 valence electrons. The maximum atomic E-state index is 7.59. The number of nitrogens with one attached hydrogen (secondary N) is 1. The lowest BCUT2D eigenvalue weighted by atomic mass is 9.90. The van der Waals surface area contributed by atoms with E-state index in [0.717, 1.165) is 17.9 Å². The lowest BCUT2D eigenvalue weighted by Gasteiger charge is -2.16. The summed E-state index contributed by atoms with van der Waals surface area (Å²) < 4.78 is 0. The second-order valence-electron chi connectivity index (χ2n) is 4.69. The predicted octanol–water partition coefficient (Wildman–Crippen LogP) is 3.73. The zero-order valence-electron chi connectivity index (χ0n) is 11.0. The molecule has 0 aliphatic carbocycles. The molecule has 0 bridgehead atoms. The third-order valence-corrected chi connectivity index (χ3v) is 3.36. The fraction of sp³-hybridized carbons (Fsp3) is 0.533. The van der Waals surface area contributed by atoms with Gasteiger partial charge in [-0.05, 0) is 17.9 Å².